The lowest BCUT2D eigenvalue weighted by molar-refractivity contribution is -0.151. The summed E-state index contributed by atoms with van der Waals surface area (Å²) in [6.45, 7) is 0.280. The number of carbonyl (C=O) groups is 4. The van der Waals surface area contributed by atoms with Crippen LogP contribution in [-0.4, -0.2) is 57.2 Å². The second kappa shape index (κ2) is 8.10. The van der Waals surface area contributed by atoms with Gasteiger partial charge < -0.3 is 10.0 Å². The number of benzene rings is 2. The molecule has 0 bridgehead atoms. The molecule has 2 aromatic rings. The van der Waals surface area contributed by atoms with E-state index >= 15 is 0 Å². The average molecular weight is 406 g/mol. The van der Waals surface area contributed by atoms with Crippen LogP contribution in [0.25, 0.3) is 0 Å². The van der Waals surface area contributed by atoms with Crippen LogP contribution in [0.1, 0.15) is 45.5 Å². The van der Waals surface area contributed by atoms with Crippen LogP contribution in [-0.2, 0) is 16.0 Å². The highest BCUT2D eigenvalue weighted by molar-refractivity contribution is 6.22. The van der Waals surface area contributed by atoms with E-state index in [1.807, 2.05) is 30.3 Å². The summed E-state index contributed by atoms with van der Waals surface area (Å²) in [5.41, 5.74) is 1.37. The number of rotatable bonds is 5. The highest BCUT2D eigenvalue weighted by atomic mass is 16.4. The van der Waals surface area contributed by atoms with Gasteiger partial charge in [0.25, 0.3) is 11.8 Å². The normalized spacial score (nSPS) is 20.1. The Bertz CT molecular complexity index is 969. The fraction of sp³-hybridized carbons (Fsp3) is 0.304. The van der Waals surface area contributed by atoms with Gasteiger partial charge in [0.2, 0.25) is 5.91 Å². The third-order valence-corrected chi connectivity index (χ3v) is 5.77. The minimum Gasteiger partial charge on any atom is -0.480 e. The number of hydrogen-bond donors (Lipinski definition) is 1. The van der Waals surface area contributed by atoms with E-state index < -0.39 is 35.8 Å². The number of carbonyl (C=O) groups excluding carboxylic acids is 3. The smallest absolute Gasteiger partial charge is 0.326 e. The van der Waals surface area contributed by atoms with Crippen LogP contribution in [0.5, 0.6) is 0 Å². The van der Waals surface area contributed by atoms with E-state index in [0.717, 1.165) is 10.5 Å². The Labute approximate surface area is 173 Å². The molecule has 2 atom stereocenters. The number of amides is 3. The molecule has 154 valence electrons. The lowest BCUT2D eigenvalue weighted by Gasteiger charge is -2.32. The van der Waals surface area contributed by atoms with Crippen molar-refractivity contribution in [2.45, 2.75) is 37.8 Å². The fourth-order valence-electron chi connectivity index (χ4n) is 4.25. The molecule has 0 saturated carbocycles. The third kappa shape index (κ3) is 3.47. The van der Waals surface area contributed by atoms with Crippen molar-refractivity contribution in [1.29, 1.82) is 0 Å². The van der Waals surface area contributed by atoms with Crippen LogP contribution >= 0.6 is 0 Å². The maximum absolute atomic E-state index is 13.4. The Hall–Kier alpha value is -3.48. The summed E-state index contributed by atoms with van der Waals surface area (Å²) in [5, 5.41) is 9.85. The molecule has 0 spiro atoms. The highest BCUT2D eigenvalue weighted by Crippen LogP contribution is 2.29. The van der Waals surface area contributed by atoms with Crippen LogP contribution in [0.2, 0.25) is 0 Å². The molecule has 7 heteroatoms. The van der Waals surface area contributed by atoms with Gasteiger partial charge in [-0.05, 0) is 37.0 Å². The van der Waals surface area contributed by atoms with E-state index in [0.29, 0.717) is 19.3 Å². The molecule has 1 fully saturated rings. The van der Waals surface area contributed by atoms with Gasteiger partial charge in [0.1, 0.15) is 12.1 Å². The first-order valence-electron chi connectivity index (χ1n) is 10.0. The SMILES string of the molecule is O=C(O)[C@H](Cc1ccccc1)N1CCCC[C@H](N2C(=O)c3ccccc3C2=O)C1=O. The summed E-state index contributed by atoms with van der Waals surface area (Å²) in [7, 11) is 0. The average Bonchev–Trinajstić information content (AvgIpc) is 2.88. The van der Waals surface area contributed by atoms with Gasteiger partial charge in [-0.15, -0.1) is 0 Å². The van der Waals surface area contributed by atoms with Gasteiger partial charge in [-0.3, -0.25) is 19.3 Å². The minimum atomic E-state index is -1.10. The van der Waals surface area contributed by atoms with E-state index in [9.17, 15) is 24.3 Å². The summed E-state index contributed by atoms with van der Waals surface area (Å²) >= 11 is 0. The number of likely N-dealkylation sites (tertiary alicyclic amines) is 1. The number of nitrogens with zero attached hydrogens (tertiary/aromatic N) is 2. The van der Waals surface area contributed by atoms with E-state index in [1.54, 1.807) is 24.3 Å². The Morgan fingerprint density at radius 2 is 1.53 bits per heavy atom. The first kappa shape index (κ1) is 19.8. The largest absolute Gasteiger partial charge is 0.480 e. The number of carboxylic acid groups (broad SMARTS) is 1. The Morgan fingerprint density at radius 1 is 0.933 bits per heavy atom. The van der Waals surface area contributed by atoms with Crippen molar-refractivity contribution in [2.75, 3.05) is 6.54 Å². The maximum Gasteiger partial charge on any atom is 0.326 e. The lowest BCUT2D eigenvalue weighted by Crippen LogP contribution is -2.55. The molecule has 0 unspecified atom stereocenters. The zero-order valence-corrected chi connectivity index (χ0v) is 16.4. The van der Waals surface area contributed by atoms with Crippen molar-refractivity contribution in [3.8, 4) is 0 Å². The molecule has 2 aromatic carbocycles. The van der Waals surface area contributed by atoms with Crippen LogP contribution in [0, 0.1) is 0 Å². The van der Waals surface area contributed by atoms with Gasteiger partial charge in [0.15, 0.2) is 0 Å². The van der Waals surface area contributed by atoms with Gasteiger partial charge in [0.05, 0.1) is 11.1 Å². The van der Waals surface area contributed by atoms with Crippen LogP contribution in [0.3, 0.4) is 0 Å². The zero-order chi connectivity index (χ0) is 21.3. The molecule has 2 aliphatic rings. The zero-order valence-electron chi connectivity index (χ0n) is 16.4. The first-order valence-corrected chi connectivity index (χ1v) is 10.0. The number of carboxylic acids is 1. The summed E-state index contributed by atoms with van der Waals surface area (Å²) in [6.07, 6.45) is 1.73. The molecule has 1 saturated heterocycles. The van der Waals surface area contributed by atoms with Crippen molar-refractivity contribution in [2.24, 2.45) is 0 Å². The molecule has 4 rings (SSSR count). The van der Waals surface area contributed by atoms with E-state index in [1.165, 1.54) is 4.90 Å². The quantitative estimate of drug-likeness (QED) is 0.769. The summed E-state index contributed by atoms with van der Waals surface area (Å²) in [4.78, 5) is 53.6. The monoisotopic (exact) mass is 406 g/mol. The van der Waals surface area contributed by atoms with Crippen molar-refractivity contribution in [3.05, 3.63) is 71.3 Å². The summed E-state index contributed by atoms with van der Waals surface area (Å²) in [6, 6.07) is 13.6. The standard InChI is InChI=1S/C23H22N2O5/c26-20-16-10-4-5-11-17(16)21(27)25(20)18-12-6-7-13-24(22(18)28)19(23(29)30)14-15-8-2-1-3-9-15/h1-5,8-11,18-19H,6-7,12-14H2,(H,29,30)/t18-,19-/m0/s1. The number of hydrogen-bond acceptors (Lipinski definition) is 4. The van der Waals surface area contributed by atoms with E-state index in [-0.39, 0.29) is 24.1 Å². The van der Waals surface area contributed by atoms with E-state index in [4.69, 9.17) is 0 Å². The van der Waals surface area contributed by atoms with Crippen molar-refractivity contribution in [1.82, 2.24) is 9.80 Å². The predicted octanol–water partition coefficient (Wildman–Crippen LogP) is 2.36. The van der Waals surface area contributed by atoms with Crippen LogP contribution in [0.4, 0.5) is 0 Å². The molecule has 3 amide bonds. The van der Waals surface area contributed by atoms with Crippen molar-refractivity contribution >= 4 is 23.7 Å². The van der Waals surface area contributed by atoms with Gasteiger partial charge in [0, 0.05) is 13.0 Å². The molecule has 0 aliphatic carbocycles. The van der Waals surface area contributed by atoms with Crippen LogP contribution < -0.4 is 0 Å². The van der Waals surface area contributed by atoms with Gasteiger partial charge in [-0.25, -0.2) is 4.79 Å². The number of aliphatic carboxylic acids is 1. The molecular weight excluding hydrogens is 384 g/mol. The predicted molar refractivity (Wildman–Crippen MR) is 108 cm³/mol. The molecule has 7 nitrogen and oxygen atoms in total. The summed E-state index contributed by atoms with van der Waals surface area (Å²) < 4.78 is 0. The lowest BCUT2D eigenvalue weighted by atomic mass is 10.0. The molecule has 0 aromatic heterocycles. The third-order valence-electron chi connectivity index (χ3n) is 5.77. The summed E-state index contributed by atoms with van der Waals surface area (Å²) in [5.74, 6) is -2.57. The second-order valence-electron chi connectivity index (χ2n) is 7.61. The molecule has 2 heterocycles. The Balaban J connectivity index is 1.63. The van der Waals surface area contributed by atoms with Crippen molar-refractivity contribution < 1.29 is 24.3 Å². The molecule has 2 aliphatic heterocycles. The van der Waals surface area contributed by atoms with Gasteiger partial charge in [-0.1, -0.05) is 42.5 Å². The molecule has 30 heavy (non-hydrogen) atoms. The first-order chi connectivity index (χ1) is 14.5. The highest BCUT2D eigenvalue weighted by Gasteiger charge is 2.46. The molecular formula is C23H22N2O5. The maximum atomic E-state index is 13.4. The second-order valence-corrected chi connectivity index (χ2v) is 7.61. The number of fused-ring (bicyclic) bond motifs is 1. The van der Waals surface area contributed by atoms with Gasteiger partial charge >= 0.3 is 5.97 Å². The Morgan fingerprint density at radius 3 is 2.13 bits per heavy atom. The van der Waals surface area contributed by atoms with Crippen LogP contribution in [0.15, 0.2) is 54.6 Å². The van der Waals surface area contributed by atoms with Gasteiger partial charge in [-0.2, -0.15) is 0 Å². The molecule has 0 radical (unpaired) electrons. The van der Waals surface area contributed by atoms with Crippen molar-refractivity contribution in [3.63, 3.8) is 0 Å². The molecule has 1 N–H and O–H groups in total. The Kier molecular flexibility index (Phi) is 5.35. The van der Waals surface area contributed by atoms with E-state index in [2.05, 4.69) is 0 Å². The fourth-order valence-corrected chi connectivity index (χ4v) is 4.25. The minimum absolute atomic E-state index is 0.163. The topological polar surface area (TPSA) is 95.0 Å². The number of imide groups is 1.